The summed E-state index contributed by atoms with van der Waals surface area (Å²) in [7, 11) is 2.99. The molecule has 0 amide bonds. The van der Waals surface area contributed by atoms with Gasteiger partial charge in [-0.1, -0.05) is 35.1 Å². The van der Waals surface area contributed by atoms with Crippen LogP contribution in [0.2, 0.25) is 0 Å². The van der Waals surface area contributed by atoms with Gasteiger partial charge in [-0.25, -0.2) is 4.79 Å². The highest BCUT2D eigenvalue weighted by Crippen LogP contribution is 2.32. The highest BCUT2D eigenvalue weighted by molar-refractivity contribution is 5.71. The fraction of sp³-hybridized carbons (Fsp3) is 0.111. The molecule has 7 nitrogen and oxygen atoms in total. The number of methoxy groups -OCH3 is 1. The summed E-state index contributed by atoms with van der Waals surface area (Å²) in [5, 5.41) is 9.33. The average Bonchev–Trinajstić information content (AvgIpc) is 2.64. The zero-order chi connectivity index (χ0) is 18.0. The van der Waals surface area contributed by atoms with Crippen LogP contribution in [0.15, 0.2) is 64.2 Å². The van der Waals surface area contributed by atoms with Crippen molar-refractivity contribution in [3.63, 3.8) is 0 Å². The van der Waals surface area contributed by atoms with Gasteiger partial charge in [0.2, 0.25) is 5.88 Å². The van der Waals surface area contributed by atoms with Crippen molar-refractivity contribution >= 4 is 0 Å². The third kappa shape index (κ3) is 3.12. The first-order chi connectivity index (χ1) is 12.0. The highest BCUT2D eigenvalue weighted by Gasteiger charge is 2.11. The normalized spacial score (nSPS) is 10.5. The van der Waals surface area contributed by atoms with Crippen LogP contribution in [0.25, 0.3) is 11.1 Å². The van der Waals surface area contributed by atoms with Gasteiger partial charge in [0.05, 0.1) is 13.2 Å². The van der Waals surface area contributed by atoms with Gasteiger partial charge in [0.15, 0.2) is 0 Å². The fourth-order valence-electron chi connectivity index (χ4n) is 2.42. The first-order valence-electron chi connectivity index (χ1n) is 7.45. The van der Waals surface area contributed by atoms with Crippen LogP contribution in [0.3, 0.4) is 0 Å². The molecule has 0 atom stereocenters. The zero-order valence-corrected chi connectivity index (χ0v) is 13.7. The first kappa shape index (κ1) is 16.4. The molecule has 0 aliphatic carbocycles. The largest absolute Gasteiger partial charge is 0.496 e. The summed E-state index contributed by atoms with van der Waals surface area (Å²) in [6.07, 6.45) is 0. The molecule has 7 heteroatoms. The number of aromatic nitrogens is 2. The van der Waals surface area contributed by atoms with E-state index < -0.39 is 11.2 Å². The van der Waals surface area contributed by atoms with Crippen LogP contribution >= 0.6 is 0 Å². The van der Waals surface area contributed by atoms with Crippen LogP contribution in [-0.2, 0) is 7.05 Å². The molecule has 3 aromatic rings. The predicted molar refractivity (Wildman–Crippen MR) is 91.6 cm³/mol. The van der Waals surface area contributed by atoms with Crippen LogP contribution in [0.4, 0.5) is 0 Å². The van der Waals surface area contributed by atoms with E-state index in [1.54, 1.807) is 25.3 Å². The topological polar surface area (TPSA) is 82.7 Å². The lowest BCUT2D eigenvalue weighted by Crippen LogP contribution is -2.37. The molecular weight excluding hydrogens is 324 g/mol. The van der Waals surface area contributed by atoms with E-state index in [4.69, 9.17) is 9.47 Å². The number of hydrogen-bond acceptors (Lipinski definition) is 5. The number of hydrogen-bond donors (Lipinski definition) is 1. The van der Waals surface area contributed by atoms with Crippen molar-refractivity contribution < 1.29 is 14.7 Å². The van der Waals surface area contributed by atoms with Crippen molar-refractivity contribution in [3.05, 3.63) is 75.4 Å². The molecule has 0 aliphatic rings. The van der Waals surface area contributed by atoms with Crippen molar-refractivity contribution in [1.29, 1.82) is 0 Å². The molecule has 0 aliphatic heterocycles. The number of nitrogens with zero attached hydrogens (tertiary/aromatic N) is 2. The minimum Gasteiger partial charge on any atom is -0.496 e. The summed E-state index contributed by atoms with van der Waals surface area (Å²) in [6, 6.07) is 15.8. The monoisotopic (exact) mass is 340 g/mol. The molecule has 0 fully saturated rings. The Bertz CT molecular complexity index is 1040. The Morgan fingerprint density at radius 3 is 2.52 bits per heavy atom. The van der Waals surface area contributed by atoms with Gasteiger partial charge < -0.3 is 14.7 Å². The predicted octanol–water partition coefficient (Wildman–Crippen LogP) is 2.25. The van der Waals surface area contributed by atoms with E-state index in [1.165, 1.54) is 7.05 Å². The molecular formula is C18H16N2O5. The highest BCUT2D eigenvalue weighted by atomic mass is 16.5. The second kappa shape index (κ2) is 6.56. The first-order valence-corrected chi connectivity index (χ1v) is 7.45. The number of ether oxygens (including phenoxy) is 2. The van der Waals surface area contributed by atoms with Crippen molar-refractivity contribution in [3.8, 4) is 28.5 Å². The van der Waals surface area contributed by atoms with Crippen molar-refractivity contribution in [2.24, 2.45) is 7.05 Å². The van der Waals surface area contributed by atoms with E-state index in [9.17, 15) is 14.8 Å². The quantitative estimate of drug-likeness (QED) is 0.737. The summed E-state index contributed by atoms with van der Waals surface area (Å²) in [5.41, 5.74) is -0.00655. The summed E-state index contributed by atoms with van der Waals surface area (Å²) in [6.45, 7) is 0. The lowest BCUT2D eigenvalue weighted by Gasteiger charge is -2.12. The molecule has 0 saturated heterocycles. The Morgan fingerprint density at radius 1 is 1.00 bits per heavy atom. The molecule has 1 heterocycles. The number of para-hydroxylation sites is 1. The Kier molecular flexibility index (Phi) is 4.30. The molecule has 2 aromatic carbocycles. The van der Waals surface area contributed by atoms with Crippen molar-refractivity contribution in [2.45, 2.75) is 0 Å². The summed E-state index contributed by atoms with van der Waals surface area (Å²) in [4.78, 5) is 23.3. The van der Waals surface area contributed by atoms with Gasteiger partial charge in [0.25, 0.3) is 5.56 Å². The maximum atomic E-state index is 11.8. The minimum absolute atomic E-state index is 0.0254. The maximum Gasteiger partial charge on any atom is 0.366 e. The Balaban J connectivity index is 2.01. The third-order valence-electron chi connectivity index (χ3n) is 3.73. The molecule has 0 spiro atoms. The number of benzene rings is 2. The second-order valence-corrected chi connectivity index (χ2v) is 5.30. The molecule has 128 valence electrons. The van der Waals surface area contributed by atoms with Gasteiger partial charge in [-0.2, -0.15) is 0 Å². The zero-order valence-electron chi connectivity index (χ0n) is 13.7. The average molecular weight is 340 g/mol. The molecule has 3 rings (SSSR count). The molecule has 0 unspecified atom stereocenters. The molecule has 1 aromatic heterocycles. The van der Waals surface area contributed by atoms with Crippen LogP contribution in [-0.4, -0.2) is 21.6 Å². The Hall–Kier alpha value is -3.48. The minimum atomic E-state index is -0.886. The van der Waals surface area contributed by atoms with Gasteiger partial charge in [-0.3, -0.25) is 9.36 Å². The Morgan fingerprint density at radius 2 is 1.76 bits per heavy atom. The standard InChI is InChI=1S/C18H16N2O5/c1-19-17(11-16(21)20(23)18(19)22)25-13-7-5-6-12(10-13)14-8-3-4-9-15(14)24-2/h3-11,23H,1-2H3. The lowest BCUT2D eigenvalue weighted by atomic mass is 10.0. The second-order valence-electron chi connectivity index (χ2n) is 5.30. The number of rotatable bonds is 4. The fourth-order valence-corrected chi connectivity index (χ4v) is 2.42. The van der Waals surface area contributed by atoms with Crippen LogP contribution in [0.1, 0.15) is 0 Å². The lowest BCUT2D eigenvalue weighted by molar-refractivity contribution is 0.153. The van der Waals surface area contributed by atoms with Gasteiger partial charge in [0.1, 0.15) is 11.5 Å². The van der Waals surface area contributed by atoms with Gasteiger partial charge in [-0.05, 0) is 23.8 Å². The van der Waals surface area contributed by atoms with E-state index >= 15 is 0 Å². The Labute approximate surface area is 142 Å². The van der Waals surface area contributed by atoms with Crippen molar-refractivity contribution in [2.75, 3.05) is 7.11 Å². The van der Waals surface area contributed by atoms with Crippen LogP contribution in [0, 0.1) is 0 Å². The van der Waals surface area contributed by atoms with E-state index in [0.717, 1.165) is 27.5 Å². The van der Waals surface area contributed by atoms with Crippen LogP contribution < -0.4 is 20.7 Å². The van der Waals surface area contributed by atoms with Gasteiger partial charge >= 0.3 is 5.69 Å². The maximum absolute atomic E-state index is 11.8. The third-order valence-corrected chi connectivity index (χ3v) is 3.73. The van der Waals surface area contributed by atoms with E-state index in [-0.39, 0.29) is 10.6 Å². The summed E-state index contributed by atoms with van der Waals surface area (Å²) >= 11 is 0. The summed E-state index contributed by atoms with van der Waals surface area (Å²) < 4.78 is 12.1. The molecule has 0 bridgehead atoms. The molecule has 0 radical (unpaired) electrons. The molecule has 1 N–H and O–H groups in total. The molecule has 0 saturated carbocycles. The van der Waals surface area contributed by atoms with Crippen LogP contribution in [0.5, 0.6) is 17.4 Å². The van der Waals surface area contributed by atoms with Gasteiger partial charge in [-0.15, -0.1) is 0 Å². The van der Waals surface area contributed by atoms with Crippen molar-refractivity contribution in [1.82, 2.24) is 9.30 Å². The SMILES string of the molecule is COc1ccccc1-c1cccc(Oc2cc(=O)n(O)c(=O)n2C)c1. The van der Waals surface area contributed by atoms with E-state index in [2.05, 4.69) is 0 Å². The summed E-state index contributed by atoms with van der Waals surface area (Å²) in [5.74, 6) is 1.18. The van der Waals surface area contributed by atoms with E-state index in [0.29, 0.717) is 5.75 Å². The smallest absolute Gasteiger partial charge is 0.366 e. The van der Waals surface area contributed by atoms with E-state index in [1.807, 2.05) is 30.3 Å². The molecule has 25 heavy (non-hydrogen) atoms. The van der Waals surface area contributed by atoms with Gasteiger partial charge in [0, 0.05) is 12.6 Å².